The van der Waals surface area contributed by atoms with Crippen LogP contribution in [0.1, 0.15) is 38.8 Å². The zero-order valence-corrected chi connectivity index (χ0v) is 24.6. The number of carbonyl (C=O) groups excluding carboxylic acids is 3. The summed E-state index contributed by atoms with van der Waals surface area (Å²) in [5.41, 5.74) is 1.36. The van der Waals surface area contributed by atoms with Gasteiger partial charge in [0.2, 0.25) is 17.7 Å². The molecule has 3 amide bonds. The molecular formula is C29H34BrN3O5S. The molecule has 0 aromatic heterocycles. The number of rotatable bonds is 9. The third kappa shape index (κ3) is 4.85. The lowest BCUT2D eigenvalue weighted by Crippen LogP contribution is -2.56. The van der Waals surface area contributed by atoms with Crippen LogP contribution in [0.2, 0.25) is 0 Å². The highest BCUT2D eigenvalue weighted by molar-refractivity contribution is 9.09. The van der Waals surface area contributed by atoms with E-state index < -0.39 is 28.7 Å². The lowest BCUT2D eigenvalue weighted by Gasteiger charge is -2.37. The fraction of sp³-hybridized carbons (Fsp3) is 0.483. The highest BCUT2D eigenvalue weighted by Gasteiger charge is 2.76. The lowest BCUT2D eigenvalue weighted by atomic mass is 9.70. The van der Waals surface area contributed by atoms with Crippen molar-refractivity contribution >= 4 is 51.1 Å². The van der Waals surface area contributed by atoms with Crippen LogP contribution in [-0.2, 0) is 14.4 Å². The van der Waals surface area contributed by atoms with Gasteiger partial charge in [-0.25, -0.2) is 0 Å². The summed E-state index contributed by atoms with van der Waals surface area (Å²) in [5, 5.41) is 16.4. The monoisotopic (exact) mass is 615 g/mol. The van der Waals surface area contributed by atoms with Gasteiger partial charge < -0.3 is 25.4 Å². The quantitative estimate of drug-likeness (QED) is 0.371. The maximum absolute atomic E-state index is 14.3. The molecule has 3 heterocycles. The lowest BCUT2D eigenvalue weighted by molar-refractivity contribution is -0.142. The van der Waals surface area contributed by atoms with Crippen molar-refractivity contribution in [2.45, 2.75) is 60.1 Å². The van der Waals surface area contributed by atoms with Crippen molar-refractivity contribution in [3.05, 3.63) is 60.2 Å². The van der Waals surface area contributed by atoms with Crippen LogP contribution < -0.4 is 15.4 Å². The van der Waals surface area contributed by atoms with Crippen molar-refractivity contribution in [2.24, 2.45) is 11.8 Å². The Balaban J connectivity index is 1.52. The van der Waals surface area contributed by atoms with E-state index in [1.54, 1.807) is 40.9 Å². The minimum Gasteiger partial charge on any atom is -0.494 e. The molecule has 10 heteroatoms. The second-order valence-corrected chi connectivity index (χ2v) is 13.3. The molecule has 39 heavy (non-hydrogen) atoms. The van der Waals surface area contributed by atoms with Gasteiger partial charge in [0.05, 0.1) is 35.8 Å². The van der Waals surface area contributed by atoms with Crippen molar-refractivity contribution < 1.29 is 24.2 Å². The van der Waals surface area contributed by atoms with E-state index in [1.807, 2.05) is 51.1 Å². The van der Waals surface area contributed by atoms with E-state index in [0.29, 0.717) is 24.5 Å². The van der Waals surface area contributed by atoms with E-state index in [1.165, 1.54) is 0 Å². The number of hydrogen-bond donors (Lipinski definition) is 3. The molecule has 0 saturated carbocycles. The Morgan fingerprint density at radius 1 is 1.15 bits per heavy atom. The van der Waals surface area contributed by atoms with Gasteiger partial charge in [0.15, 0.2) is 0 Å². The first-order valence-corrected chi connectivity index (χ1v) is 15.1. The van der Waals surface area contributed by atoms with Gasteiger partial charge in [0.25, 0.3) is 0 Å². The van der Waals surface area contributed by atoms with Crippen LogP contribution in [0.3, 0.4) is 0 Å². The normalized spacial score (nSPS) is 29.8. The number of alkyl halides is 1. The Morgan fingerprint density at radius 2 is 1.85 bits per heavy atom. The summed E-state index contributed by atoms with van der Waals surface area (Å²) in [6.07, 6.45) is 0.575. The van der Waals surface area contributed by atoms with Gasteiger partial charge in [-0.05, 0) is 57.0 Å². The van der Waals surface area contributed by atoms with E-state index in [0.717, 1.165) is 5.56 Å². The number of benzene rings is 2. The van der Waals surface area contributed by atoms with Gasteiger partial charge in [-0.15, -0.1) is 11.8 Å². The Morgan fingerprint density at radius 3 is 2.46 bits per heavy atom. The van der Waals surface area contributed by atoms with Crippen molar-refractivity contribution in [1.29, 1.82) is 0 Å². The minimum absolute atomic E-state index is 0.0405. The molecule has 5 rings (SSSR count). The second-order valence-electron chi connectivity index (χ2n) is 10.6. The molecule has 3 unspecified atom stereocenters. The summed E-state index contributed by atoms with van der Waals surface area (Å²) in [6.45, 7) is 5.89. The van der Waals surface area contributed by atoms with Gasteiger partial charge in [0, 0.05) is 21.8 Å². The van der Waals surface area contributed by atoms with Crippen molar-refractivity contribution in [2.75, 3.05) is 18.5 Å². The van der Waals surface area contributed by atoms with Crippen molar-refractivity contribution in [1.82, 2.24) is 10.2 Å². The van der Waals surface area contributed by atoms with E-state index in [4.69, 9.17) is 4.74 Å². The SMILES string of the molecule is CCOc1ccc(NC(=O)[C@H]2[C@H]3C(=O)N([C@H](CO)c4ccccc4)C(C(=O)NC(C)C)C34CC(Br)[C@@H]2S4)cc1. The predicted molar refractivity (Wildman–Crippen MR) is 155 cm³/mol. The molecule has 208 valence electrons. The molecule has 3 aliphatic heterocycles. The smallest absolute Gasteiger partial charge is 0.244 e. The first-order valence-electron chi connectivity index (χ1n) is 13.4. The van der Waals surface area contributed by atoms with Crippen LogP contribution >= 0.6 is 27.7 Å². The number of nitrogens with one attached hydrogen (secondary N) is 2. The molecule has 2 aromatic carbocycles. The van der Waals surface area contributed by atoms with Crippen molar-refractivity contribution in [3.8, 4) is 5.75 Å². The average molecular weight is 617 g/mol. The van der Waals surface area contributed by atoms with Crippen LogP contribution in [0.25, 0.3) is 0 Å². The number of thioether (sulfide) groups is 1. The fourth-order valence-corrected chi connectivity index (χ4v) is 10.0. The fourth-order valence-electron chi connectivity index (χ4n) is 6.42. The Labute approximate surface area is 241 Å². The van der Waals surface area contributed by atoms with Gasteiger partial charge >= 0.3 is 0 Å². The highest BCUT2D eigenvalue weighted by atomic mass is 79.9. The van der Waals surface area contributed by atoms with Gasteiger partial charge in [-0.3, -0.25) is 14.4 Å². The van der Waals surface area contributed by atoms with E-state index in [9.17, 15) is 19.5 Å². The molecule has 2 aromatic rings. The number of amides is 3. The standard InChI is InChI=1S/C29H34BrN3O5S/c1-4-38-19-12-10-18(11-13-19)32-26(35)22-23-28(37)33(21(15-34)17-8-6-5-7-9-17)25(27(36)31-16(2)3)29(23)14-20(30)24(22)39-29/h5-13,16,20-25,34H,4,14-15H2,1-3H3,(H,31,36)(H,32,35)/t20?,21-,22+,23+,24+,25?,29?/m1/s1. The first-order chi connectivity index (χ1) is 18.7. The maximum Gasteiger partial charge on any atom is 0.244 e. The number of aliphatic hydroxyl groups excluding tert-OH is 1. The number of ether oxygens (including phenoxy) is 1. The number of nitrogens with zero attached hydrogens (tertiary/aromatic N) is 1. The molecule has 7 atom stereocenters. The molecule has 0 aliphatic carbocycles. The number of halogens is 1. The van der Waals surface area contributed by atoms with Crippen LogP contribution in [-0.4, -0.2) is 67.8 Å². The second kappa shape index (κ2) is 11.1. The average Bonchev–Trinajstić information content (AvgIpc) is 3.50. The van der Waals surface area contributed by atoms with Crippen LogP contribution in [0.4, 0.5) is 5.69 Å². The largest absolute Gasteiger partial charge is 0.494 e. The maximum atomic E-state index is 14.3. The Bertz CT molecular complexity index is 1230. The van der Waals surface area contributed by atoms with Gasteiger partial charge in [-0.1, -0.05) is 46.3 Å². The van der Waals surface area contributed by atoms with E-state index in [-0.39, 0.29) is 40.4 Å². The summed E-state index contributed by atoms with van der Waals surface area (Å²) in [7, 11) is 0. The summed E-state index contributed by atoms with van der Waals surface area (Å²) in [4.78, 5) is 43.5. The molecule has 1 spiro atoms. The summed E-state index contributed by atoms with van der Waals surface area (Å²) in [6, 6.07) is 14.8. The number of hydrogen-bond acceptors (Lipinski definition) is 6. The summed E-state index contributed by atoms with van der Waals surface area (Å²) < 4.78 is 4.71. The molecule has 8 nitrogen and oxygen atoms in total. The number of fused-ring (bicyclic) bond motifs is 1. The molecule has 3 aliphatic rings. The predicted octanol–water partition coefficient (Wildman–Crippen LogP) is 3.75. The van der Waals surface area contributed by atoms with Crippen LogP contribution in [0, 0.1) is 11.8 Å². The number of anilines is 1. The van der Waals surface area contributed by atoms with Gasteiger partial charge in [0.1, 0.15) is 11.8 Å². The first kappa shape index (κ1) is 28.0. The van der Waals surface area contributed by atoms with Gasteiger partial charge in [-0.2, -0.15) is 0 Å². The molecule has 3 fully saturated rings. The zero-order valence-electron chi connectivity index (χ0n) is 22.2. The molecule has 2 bridgehead atoms. The molecule has 3 saturated heterocycles. The zero-order chi connectivity index (χ0) is 27.9. The van der Waals surface area contributed by atoms with Crippen LogP contribution in [0.15, 0.2) is 54.6 Å². The summed E-state index contributed by atoms with van der Waals surface area (Å²) >= 11 is 5.36. The highest BCUT2D eigenvalue weighted by Crippen LogP contribution is 2.68. The molecular weight excluding hydrogens is 582 g/mol. The molecule has 0 radical (unpaired) electrons. The van der Waals surface area contributed by atoms with Crippen LogP contribution in [0.5, 0.6) is 5.75 Å². The molecule has 3 N–H and O–H groups in total. The topological polar surface area (TPSA) is 108 Å². The summed E-state index contributed by atoms with van der Waals surface area (Å²) in [5.74, 6) is -1.38. The number of aliphatic hydroxyl groups is 1. The Hall–Kier alpha value is -2.56. The number of carbonyl (C=O) groups is 3. The third-order valence-electron chi connectivity index (χ3n) is 7.84. The van der Waals surface area contributed by atoms with Crippen molar-refractivity contribution in [3.63, 3.8) is 0 Å². The van der Waals surface area contributed by atoms with E-state index >= 15 is 0 Å². The van der Waals surface area contributed by atoms with E-state index in [2.05, 4.69) is 26.6 Å². The number of likely N-dealkylation sites (tertiary alicyclic amines) is 1. The third-order valence-corrected chi connectivity index (χ3v) is 11.1. The Kier molecular flexibility index (Phi) is 7.99. The minimum atomic E-state index is -0.826.